The van der Waals surface area contributed by atoms with Crippen LogP contribution in [0.1, 0.15) is 18.4 Å². The Labute approximate surface area is 128 Å². The molecule has 1 aromatic carbocycles. The van der Waals surface area contributed by atoms with Crippen molar-refractivity contribution in [1.82, 2.24) is 4.90 Å². The van der Waals surface area contributed by atoms with Gasteiger partial charge < -0.3 is 10.0 Å². The van der Waals surface area contributed by atoms with Gasteiger partial charge in [0.2, 0.25) is 5.91 Å². The van der Waals surface area contributed by atoms with Crippen LogP contribution in [0.15, 0.2) is 24.3 Å². The van der Waals surface area contributed by atoms with Gasteiger partial charge in [-0.25, -0.2) is 0 Å². The SMILES string of the molecule is CN(CC1CC(O)C1)C(=O)C=Cc1cc(Cl)ccc1Cl. The van der Waals surface area contributed by atoms with E-state index in [1.165, 1.54) is 6.08 Å². The van der Waals surface area contributed by atoms with Gasteiger partial charge >= 0.3 is 0 Å². The second-order valence-corrected chi connectivity index (χ2v) is 6.05. The molecule has 1 saturated carbocycles. The molecule has 0 heterocycles. The maximum atomic E-state index is 12.0. The van der Waals surface area contributed by atoms with Crippen LogP contribution in [0.3, 0.4) is 0 Å². The first-order chi connectivity index (χ1) is 9.45. The number of amides is 1. The molecule has 0 atom stereocenters. The molecule has 1 aliphatic carbocycles. The van der Waals surface area contributed by atoms with Gasteiger partial charge in [-0.05, 0) is 48.6 Å². The number of carbonyl (C=O) groups excluding carboxylic acids is 1. The lowest BCUT2D eigenvalue weighted by atomic mass is 9.82. The molecule has 5 heteroatoms. The molecule has 0 aliphatic heterocycles. The van der Waals surface area contributed by atoms with E-state index < -0.39 is 0 Å². The number of nitrogens with zero attached hydrogens (tertiary/aromatic N) is 1. The van der Waals surface area contributed by atoms with Crippen LogP contribution in [0.5, 0.6) is 0 Å². The molecule has 1 aromatic rings. The minimum absolute atomic E-state index is 0.0811. The maximum Gasteiger partial charge on any atom is 0.246 e. The normalized spacial score (nSPS) is 21.8. The molecule has 20 heavy (non-hydrogen) atoms. The summed E-state index contributed by atoms with van der Waals surface area (Å²) in [7, 11) is 1.76. The van der Waals surface area contributed by atoms with Crippen molar-refractivity contribution in [2.45, 2.75) is 18.9 Å². The summed E-state index contributed by atoms with van der Waals surface area (Å²) in [5.41, 5.74) is 0.722. The number of rotatable bonds is 4. The Hall–Kier alpha value is -1.03. The number of carbonyl (C=O) groups is 1. The average Bonchev–Trinajstić information content (AvgIpc) is 2.37. The second kappa shape index (κ2) is 6.61. The highest BCUT2D eigenvalue weighted by molar-refractivity contribution is 6.34. The first-order valence-electron chi connectivity index (χ1n) is 6.52. The number of aliphatic hydroxyl groups is 1. The lowest BCUT2D eigenvalue weighted by molar-refractivity contribution is -0.126. The Morgan fingerprint density at radius 1 is 1.45 bits per heavy atom. The molecular formula is C15H17Cl2NO2. The Kier molecular flexibility index (Phi) is 5.08. The molecule has 0 aromatic heterocycles. The molecule has 0 radical (unpaired) electrons. The highest BCUT2D eigenvalue weighted by atomic mass is 35.5. The molecule has 1 aliphatic rings. The standard InChI is InChI=1S/C15H17Cl2NO2/c1-18(9-10-6-13(19)7-10)15(20)5-2-11-8-12(16)3-4-14(11)17/h2-5,8,10,13,19H,6-7,9H2,1H3. The highest BCUT2D eigenvalue weighted by Crippen LogP contribution is 2.27. The molecule has 0 bridgehead atoms. The topological polar surface area (TPSA) is 40.5 Å². The number of halogens is 2. The van der Waals surface area contributed by atoms with Crippen molar-refractivity contribution in [2.75, 3.05) is 13.6 Å². The van der Waals surface area contributed by atoms with Gasteiger partial charge in [-0.1, -0.05) is 23.2 Å². The number of aliphatic hydroxyl groups excluding tert-OH is 1. The van der Waals surface area contributed by atoms with Crippen LogP contribution in [0, 0.1) is 5.92 Å². The van der Waals surface area contributed by atoms with Crippen LogP contribution in [0.25, 0.3) is 6.08 Å². The van der Waals surface area contributed by atoms with Crippen molar-refractivity contribution >= 4 is 35.2 Å². The average molecular weight is 314 g/mol. The third-order valence-electron chi connectivity index (χ3n) is 3.48. The van der Waals surface area contributed by atoms with Crippen molar-refractivity contribution in [3.8, 4) is 0 Å². The van der Waals surface area contributed by atoms with Crippen LogP contribution in [-0.2, 0) is 4.79 Å². The predicted molar refractivity (Wildman–Crippen MR) is 81.9 cm³/mol. The van der Waals surface area contributed by atoms with E-state index in [2.05, 4.69) is 0 Å². The van der Waals surface area contributed by atoms with Crippen molar-refractivity contribution in [3.05, 3.63) is 39.9 Å². The lowest BCUT2D eigenvalue weighted by Crippen LogP contribution is -2.38. The van der Waals surface area contributed by atoms with Gasteiger partial charge in [0.15, 0.2) is 0 Å². The van der Waals surface area contributed by atoms with E-state index in [-0.39, 0.29) is 12.0 Å². The zero-order valence-corrected chi connectivity index (χ0v) is 12.7. The molecule has 2 rings (SSSR count). The third-order valence-corrected chi connectivity index (χ3v) is 4.06. The van der Waals surface area contributed by atoms with Crippen LogP contribution in [0.2, 0.25) is 10.0 Å². The maximum absolute atomic E-state index is 12.0. The van der Waals surface area contributed by atoms with Crippen LogP contribution < -0.4 is 0 Å². The van der Waals surface area contributed by atoms with E-state index in [0.717, 1.165) is 18.4 Å². The number of hydrogen-bond donors (Lipinski definition) is 1. The number of likely N-dealkylation sites (N-methyl/N-ethyl adjacent to an activating group) is 1. The highest BCUT2D eigenvalue weighted by Gasteiger charge is 2.28. The van der Waals surface area contributed by atoms with Crippen molar-refractivity contribution in [3.63, 3.8) is 0 Å². The fraction of sp³-hybridized carbons (Fsp3) is 0.400. The molecule has 1 fully saturated rings. The summed E-state index contributed by atoms with van der Waals surface area (Å²) in [4.78, 5) is 13.6. The summed E-state index contributed by atoms with van der Waals surface area (Å²) in [6.45, 7) is 0.670. The second-order valence-electron chi connectivity index (χ2n) is 5.21. The molecule has 1 amide bonds. The zero-order valence-electron chi connectivity index (χ0n) is 11.2. The largest absolute Gasteiger partial charge is 0.393 e. The first kappa shape index (κ1) is 15.4. The molecule has 0 spiro atoms. The van der Waals surface area contributed by atoms with Crippen molar-refractivity contribution in [1.29, 1.82) is 0 Å². The van der Waals surface area contributed by atoms with E-state index in [4.69, 9.17) is 23.2 Å². The molecule has 1 N–H and O–H groups in total. The fourth-order valence-electron chi connectivity index (χ4n) is 2.26. The first-order valence-corrected chi connectivity index (χ1v) is 7.27. The van der Waals surface area contributed by atoms with E-state index >= 15 is 0 Å². The summed E-state index contributed by atoms with van der Waals surface area (Å²) in [5, 5.41) is 10.4. The van der Waals surface area contributed by atoms with E-state index in [1.54, 1.807) is 36.2 Å². The van der Waals surface area contributed by atoms with E-state index in [1.807, 2.05) is 0 Å². The van der Waals surface area contributed by atoms with Gasteiger partial charge in [0.25, 0.3) is 0 Å². The Morgan fingerprint density at radius 3 is 2.80 bits per heavy atom. The molecule has 108 valence electrons. The summed E-state index contributed by atoms with van der Waals surface area (Å²) < 4.78 is 0. The monoisotopic (exact) mass is 313 g/mol. The van der Waals surface area contributed by atoms with Crippen LogP contribution in [0.4, 0.5) is 0 Å². The predicted octanol–water partition coefficient (Wildman–Crippen LogP) is 3.24. The van der Waals surface area contributed by atoms with Gasteiger partial charge in [0, 0.05) is 29.7 Å². The van der Waals surface area contributed by atoms with Crippen molar-refractivity contribution in [2.24, 2.45) is 5.92 Å². The Balaban J connectivity index is 1.92. The third kappa shape index (κ3) is 3.98. The Morgan fingerprint density at radius 2 is 2.15 bits per heavy atom. The van der Waals surface area contributed by atoms with Gasteiger partial charge in [-0.3, -0.25) is 4.79 Å². The number of hydrogen-bond acceptors (Lipinski definition) is 2. The van der Waals surface area contributed by atoms with Gasteiger partial charge in [0.05, 0.1) is 6.10 Å². The lowest BCUT2D eigenvalue weighted by Gasteiger charge is -2.34. The smallest absolute Gasteiger partial charge is 0.246 e. The summed E-state index contributed by atoms with van der Waals surface area (Å²) in [6.07, 6.45) is 4.53. The summed E-state index contributed by atoms with van der Waals surface area (Å²) in [5.74, 6) is 0.324. The molecule has 0 saturated heterocycles. The fourth-order valence-corrected chi connectivity index (χ4v) is 2.62. The zero-order chi connectivity index (χ0) is 14.7. The summed E-state index contributed by atoms with van der Waals surface area (Å²) in [6, 6.07) is 5.13. The molecule has 0 unspecified atom stereocenters. The number of benzene rings is 1. The molecule has 3 nitrogen and oxygen atoms in total. The van der Waals surface area contributed by atoms with Gasteiger partial charge in [-0.2, -0.15) is 0 Å². The van der Waals surface area contributed by atoms with Crippen LogP contribution >= 0.6 is 23.2 Å². The quantitative estimate of drug-likeness (QED) is 0.867. The minimum atomic E-state index is -0.190. The molecular weight excluding hydrogens is 297 g/mol. The van der Waals surface area contributed by atoms with E-state index in [0.29, 0.717) is 22.5 Å². The Bertz CT molecular complexity index is 525. The van der Waals surface area contributed by atoms with Crippen molar-refractivity contribution < 1.29 is 9.90 Å². The van der Waals surface area contributed by atoms with Gasteiger partial charge in [-0.15, -0.1) is 0 Å². The van der Waals surface area contributed by atoms with Gasteiger partial charge in [0.1, 0.15) is 0 Å². The van der Waals surface area contributed by atoms with E-state index in [9.17, 15) is 9.90 Å². The summed E-state index contributed by atoms with van der Waals surface area (Å²) >= 11 is 11.9. The van der Waals surface area contributed by atoms with Crippen LogP contribution in [-0.4, -0.2) is 35.6 Å². The minimum Gasteiger partial charge on any atom is -0.393 e.